The summed E-state index contributed by atoms with van der Waals surface area (Å²) in [6.45, 7) is 1.99. The van der Waals surface area contributed by atoms with Crippen LogP contribution in [0.4, 0.5) is 0 Å². The lowest BCUT2D eigenvalue weighted by atomic mass is 10.0. The Morgan fingerprint density at radius 2 is 1.64 bits per heavy atom. The summed E-state index contributed by atoms with van der Waals surface area (Å²) in [6, 6.07) is 0. The maximum Gasteiger partial charge on any atom is 0.0625 e. The van der Waals surface area contributed by atoms with E-state index in [1.807, 2.05) is 6.92 Å². The van der Waals surface area contributed by atoms with Crippen molar-refractivity contribution in [3.63, 3.8) is 0 Å². The molecule has 3 fully saturated rings. The van der Waals surface area contributed by atoms with E-state index >= 15 is 0 Å². The molecule has 0 saturated heterocycles. The normalized spacial score (nSPS) is 52.3. The average molecular weight is 196 g/mol. The Hall–Kier alpha value is -0.0800. The second kappa shape index (κ2) is 2.96. The van der Waals surface area contributed by atoms with Crippen molar-refractivity contribution >= 4 is 0 Å². The summed E-state index contributed by atoms with van der Waals surface area (Å²) >= 11 is 0. The zero-order valence-corrected chi connectivity index (χ0v) is 8.91. The first-order chi connectivity index (χ1) is 6.62. The monoisotopic (exact) mass is 196 g/mol. The van der Waals surface area contributed by atoms with Gasteiger partial charge in [-0.3, -0.25) is 0 Å². The molecule has 0 radical (unpaired) electrons. The van der Waals surface area contributed by atoms with E-state index in [4.69, 9.17) is 4.74 Å². The van der Waals surface area contributed by atoms with Gasteiger partial charge in [-0.15, -0.1) is 0 Å². The van der Waals surface area contributed by atoms with Crippen LogP contribution in [0.2, 0.25) is 0 Å². The van der Waals surface area contributed by atoms with Gasteiger partial charge >= 0.3 is 0 Å². The number of hydrogen-bond donors (Lipinski definition) is 1. The van der Waals surface area contributed by atoms with E-state index in [0.717, 1.165) is 24.7 Å². The third-order valence-electron chi connectivity index (χ3n) is 4.11. The molecule has 14 heavy (non-hydrogen) atoms. The predicted molar refractivity (Wildman–Crippen MR) is 54.0 cm³/mol. The third kappa shape index (κ3) is 1.70. The molecule has 1 N–H and O–H groups in total. The maximum atomic E-state index is 9.94. The number of hydrogen-bond acceptors (Lipinski definition) is 2. The van der Waals surface area contributed by atoms with E-state index in [-0.39, 0.29) is 5.60 Å². The molecule has 3 rings (SSSR count). The standard InChI is InChI=1S/C12H20O2/c1-12(13)6-8-4-11(5-9(8)7-12)14-10-2-3-10/h8-11,13H,2-7H2,1H3/t8-,9+,11+,12-. The van der Waals surface area contributed by atoms with Crippen molar-refractivity contribution in [2.45, 2.75) is 63.3 Å². The molecule has 0 aliphatic heterocycles. The minimum Gasteiger partial charge on any atom is -0.390 e. The van der Waals surface area contributed by atoms with Crippen LogP contribution in [0.15, 0.2) is 0 Å². The molecule has 0 spiro atoms. The Morgan fingerprint density at radius 1 is 1.07 bits per heavy atom. The minimum absolute atomic E-state index is 0.375. The van der Waals surface area contributed by atoms with Crippen LogP contribution in [0.3, 0.4) is 0 Å². The predicted octanol–water partition coefficient (Wildman–Crippen LogP) is 2.10. The second-order valence-corrected chi connectivity index (χ2v) is 5.85. The maximum absolute atomic E-state index is 9.94. The van der Waals surface area contributed by atoms with Crippen molar-refractivity contribution in [3.05, 3.63) is 0 Å². The fourth-order valence-electron chi connectivity index (χ4n) is 3.46. The molecule has 0 aromatic heterocycles. The van der Waals surface area contributed by atoms with Gasteiger partial charge in [0.25, 0.3) is 0 Å². The van der Waals surface area contributed by atoms with E-state index in [9.17, 15) is 5.11 Å². The van der Waals surface area contributed by atoms with Crippen molar-refractivity contribution in [2.75, 3.05) is 0 Å². The molecule has 3 aliphatic rings. The molecule has 80 valence electrons. The topological polar surface area (TPSA) is 29.5 Å². The fraction of sp³-hybridized carbons (Fsp3) is 1.00. The average Bonchev–Trinajstić information content (AvgIpc) is 2.70. The van der Waals surface area contributed by atoms with Crippen molar-refractivity contribution in [3.8, 4) is 0 Å². The summed E-state index contributed by atoms with van der Waals surface area (Å²) in [6.07, 6.45) is 8.10. The van der Waals surface area contributed by atoms with Gasteiger partial charge < -0.3 is 9.84 Å². The summed E-state index contributed by atoms with van der Waals surface area (Å²) < 4.78 is 5.95. The molecule has 2 nitrogen and oxygen atoms in total. The lowest BCUT2D eigenvalue weighted by Crippen LogP contribution is -2.22. The van der Waals surface area contributed by atoms with Crippen LogP contribution in [0.5, 0.6) is 0 Å². The Labute approximate surface area is 85.6 Å². The fourth-order valence-corrected chi connectivity index (χ4v) is 3.46. The molecular weight excluding hydrogens is 176 g/mol. The summed E-state index contributed by atoms with van der Waals surface area (Å²) in [4.78, 5) is 0. The van der Waals surface area contributed by atoms with Gasteiger partial charge in [0.2, 0.25) is 0 Å². The number of fused-ring (bicyclic) bond motifs is 1. The Bertz CT molecular complexity index is 216. The van der Waals surface area contributed by atoms with Crippen molar-refractivity contribution in [1.29, 1.82) is 0 Å². The number of rotatable bonds is 2. The van der Waals surface area contributed by atoms with Gasteiger partial charge in [0.15, 0.2) is 0 Å². The van der Waals surface area contributed by atoms with Gasteiger partial charge in [-0.05, 0) is 57.3 Å². The highest BCUT2D eigenvalue weighted by Gasteiger charge is 2.47. The zero-order chi connectivity index (χ0) is 9.76. The molecule has 0 bridgehead atoms. The summed E-state index contributed by atoms with van der Waals surface area (Å²) in [5.74, 6) is 1.49. The first kappa shape index (κ1) is 9.17. The lowest BCUT2D eigenvalue weighted by molar-refractivity contribution is 0.0203. The van der Waals surface area contributed by atoms with Crippen LogP contribution in [0.25, 0.3) is 0 Å². The first-order valence-electron chi connectivity index (χ1n) is 6.00. The summed E-state index contributed by atoms with van der Waals surface area (Å²) in [5, 5.41) is 9.94. The summed E-state index contributed by atoms with van der Waals surface area (Å²) in [7, 11) is 0. The van der Waals surface area contributed by atoms with Gasteiger partial charge in [-0.25, -0.2) is 0 Å². The van der Waals surface area contributed by atoms with Crippen LogP contribution in [0, 0.1) is 11.8 Å². The van der Waals surface area contributed by atoms with E-state index < -0.39 is 0 Å². The second-order valence-electron chi connectivity index (χ2n) is 5.85. The number of aliphatic hydroxyl groups is 1. The van der Waals surface area contributed by atoms with Crippen molar-refractivity contribution < 1.29 is 9.84 Å². The Balaban J connectivity index is 1.57. The lowest BCUT2D eigenvalue weighted by Gasteiger charge is -2.19. The third-order valence-corrected chi connectivity index (χ3v) is 4.11. The molecule has 4 atom stereocenters. The Morgan fingerprint density at radius 3 is 2.14 bits per heavy atom. The summed E-state index contributed by atoms with van der Waals surface area (Å²) in [5.41, 5.74) is -0.375. The molecule has 2 heteroatoms. The molecular formula is C12H20O2. The van der Waals surface area contributed by atoms with Crippen molar-refractivity contribution in [1.82, 2.24) is 0 Å². The van der Waals surface area contributed by atoms with Gasteiger partial charge in [0.1, 0.15) is 0 Å². The van der Waals surface area contributed by atoms with Crippen LogP contribution in [-0.2, 0) is 4.74 Å². The molecule has 0 heterocycles. The van der Waals surface area contributed by atoms with Gasteiger partial charge in [0, 0.05) is 0 Å². The van der Waals surface area contributed by atoms with Crippen LogP contribution in [-0.4, -0.2) is 22.9 Å². The Kier molecular flexibility index (Phi) is 1.94. The quantitative estimate of drug-likeness (QED) is 0.733. The van der Waals surface area contributed by atoms with E-state index in [1.165, 1.54) is 25.7 Å². The van der Waals surface area contributed by atoms with Crippen molar-refractivity contribution in [2.24, 2.45) is 11.8 Å². The first-order valence-corrected chi connectivity index (χ1v) is 6.00. The zero-order valence-electron chi connectivity index (χ0n) is 8.91. The minimum atomic E-state index is -0.375. The van der Waals surface area contributed by atoms with Crippen LogP contribution in [0.1, 0.15) is 45.4 Å². The SMILES string of the molecule is C[C@@]1(O)C[C@H]2C[C@H](OC3CC3)C[C@H]2C1. The van der Waals surface area contributed by atoms with E-state index in [0.29, 0.717) is 12.2 Å². The molecule has 0 aromatic carbocycles. The van der Waals surface area contributed by atoms with Crippen LogP contribution < -0.4 is 0 Å². The number of ether oxygens (including phenoxy) is 1. The van der Waals surface area contributed by atoms with Crippen LogP contribution >= 0.6 is 0 Å². The molecule has 0 unspecified atom stereocenters. The van der Waals surface area contributed by atoms with Gasteiger partial charge in [-0.1, -0.05) is 0 Å². The largest absolute Gasteiger partial charge is 0.390 e. The highest BCUT2D eigenvalue weighted by Crippen LogP contribution is 2.50. The molecule has 0 amide bonds. The van der Waals surface area contributed by atoms with E-state index in [1.54, 1.807) is 0 Å². The smallest absolute Gasteiger partial charge is 0.0625 e. The van der Waals surface area contributed by atoms with Gasteiger partial charge in [-0.2, -0.15) is 0 Å². The molecule has 3 aliphatic carbocycles. The molecule has 0 aromatic rings. The highest BCUT2D eigenvalue weighted by molar-refractivity contribution is 4.98. The van der Waals surface area contributed by atoms with Gasteiger partial charge in [0.05, 0.1) is 17.8 Å². The highest BCUT2D eigenvalue weighted by atomic mass is 16.5. The molecule has 3 saturated carbocycles. The van der Waals surface area contributed by atoms with E-state index in [2.05, 4.69) is 0 Å².